The molecule has 0 aliphatic heterocycles. The van der Waals surface area contributed by atoms with E-state index in [4.69, 9.17) is 9.47 Å². The van der Waals surface area contributed by atoms with Crippen molar-refractivity contribution in [3.63, 3.8) is 0 Å². The number of nitro groups is 2. The third-order valence-corrected chi connectivity index (χ3v) is 3.69. The van der Waals surface area contributed by atoms with Gasteiger partial charge in [0.05, 0.1) is 9.85 Å². The molecular weight excluding hydrogens is 368 g/mol. The van der Waals surface area contributed by atoms with E-state index in [1.807, 2.05) is 0 Å². The standard InChI is InChI=1S/C19H16N2O7/c1-3-17(13-7-5-9-15(11-13)20(23)24)27-19(22)28-18(4-2)14-8-6-10-16(12-14)21(25)26/h3-12,17-18H,1-2H2. The highest BCUT2D eigenvalue weighted by molar-refractivity contribution is 5.61. The number of rotatable bonds is 8. The molecule has 0 bridgehead atoms. The summed E-state index contributed by atoms with van der Waals surface area (Å²) in [4.78, 5) is 32.8. The average molecular weight is 384 g/mol. The largest absolute Gasteiger partial charge is 0.510 e. The van der Waals surface area contributed by atoms with E-state index in [1.54, 1.807) is 0 Å². The zero-order valence-electron chi connectivity index (χ0n) is 14.6. The van der Waals surface area contributed by atoms with Gasteiger partial charge in [-0.1, -0.05) is 37.4 Å². The van der Waals surface area contributed by atoms with Gasteiger partial charge in [-0.05, 0) is 12.2 Å². The van der Waals surface area contributed by atoms with Crippen LogP contribution in [0.1, 0.15) is 23.3 Å². The lowest BCUT2D eigenvalue weighted by molar-refractivity contribution is -0.385. The highest BCUT2D eigenvalue weighted by atomic mass is 16.7. The van der Waals surface area contributed by atoms with Gasteiger partial charge in [-0.3, -0.25) is 20.2 Å². The second-order valence-electron chi connectivity index (χ2n) is 5.50. The normalized spacial score (nSPS) is 12.3. The van der Waals surface area contributed by atoms with Crippen LogP contribution in [-0.2, 0) is 9.47 Å². The van der Waals surface area contributed by atoms with Crippen molar-refractivity contribution in [2.24, 2.45) is 0 Å². The molecule has 144 valence electrons. The Bertz CT molecular complexity index is 853. The molecule has 2 rings (SSSR count). The molecule has 9 heteroatoms. The van der Waals surface area contributed by atoms with E-state index in [9.17, 15) is 25.0 Å². The molecule has 0 N–H and O–H groups in total. The minimum atomic E-state index is -1.09. The van der Waals surface area contributed by atoms with Crippen LogP contribution in [0.4, 0.5) is 16.2 Å². The van der Waals surface area contributed by atoms with Gasteiger partial charge >= 0.3 is 6.16 Å². The third kappa shape index (κ3) is 5.01. The van der Waals surface area contributed by atoms with Gasteiger partial charge in [0.25, 0.3) is 11.4 Å². The fourth-order valence-corrected chi connectivity index (χ4v) is 2.37. The van der Waals surface area contributed by atoms with Gasteiger partial charge in [0, 0.05) is 35.4 Å². The minimum Gasteiger partial charge on any atom is -0.422 e. The molecule has 0 aliphatic carbocycles. The van der Waals surface area contributed by atoms with Gasteiger partial charge in [0.2, 0.25) is 0 Å². The first kappa shape index (κ1) is 20.3. The number of carbonyl (C=O) groups excluding carboxylic acids is 1. The summed E-state index contributed by atoms with van der Waals surface area (Å²) in [6.07, 6.45) is -0.480. The molecule has 0 spiro atoms. The first-order chi connectivity index (χ1) is 13.3. The maximum absolute atomic E-state index is 12.2. The summed E-state index contributed by atoms with van der Waals surface area (Å²) >= 11 is 0. The number of hydrogen-bond acceptors (Lipinski definition) is 7. The molecule has 2 aromatic rings. The van der Waals surface area contributed by atoms with E-state index in [0.29, 0.717) is 11.1 Å². The van der Waals surface area contributed by atoms with Crippen LogP contribution in [0.3, 0.4) is 0 Å². The SMILES string of the molecule is C=CC(OC(=O)OC(C=C)c1cccc([N+](=O)[O-])c1)c1cccc([N+](=O)[O-])c1. The van der Waals surface area contributed by atoms with Crippen molar-refractivity contribution in [2.75, 3.05) is 0 Å². The van der Waals surface area contributed by atoms with Crippen LogP contribution in [0.5, 0.6) is 0 Å². The van der Waals surface area contributed by atoms with Crippen LogP contribution in [0.25, 0.3) is 0 Å². The molecule has 28 heavy (non-hydrogen) atoms. The van der Waals surface area contributed by atoms with Crippen LogP contribution in [0, 0.1) is 20.2 Å². The van der Waals surface area contributed by atoms with Crippen molar-refractivity contribution >= 4 is 17.5 Å². The molecule has 2 atom stereocenters. The number of carbonyl (C=O) groups is 1. The highest BCUT2D eigenvalue weighted by Gasteiger charge is 2.21. The van der Waals surface area contributed by atoms with Crippen molar-refractivity contribution in [1.82, 2.24) is 0 Å². The quantitative estimate of drug-likeness (QED) is 0.277. The Balaban J connectivity index is 2.14. The number of ether oxygens (including phenoxy) is 2. The van der Waals surface area contributed by atoms with Crippen LogP contribution >= 0.6 is 0 Å². The molecule has 0 saturated heterocycles. The second-order valence-corrected chi connectivity index (χ2v) is 5.50. The molecule has 0 saturated carbocycles. The maximum atomic E-state index is 12.2. The zero-order valence-corrected chi connectivity index (χ0v) is 14.6. The smallest absolute Gasteiger partial charge is 0.422 e. The predicted octanol–water partition coefficient (Wildman–Crippen LogP) is 4.81. The third-order valence-electron chi connectivity index (χ3n) is 3.69. The first-order valence-electron chi connectivity index (χ1n) is 7.96. The fraction of sp³-hybridized carbons (Fsp3) is 0.105. The summed E-state index contributed by atoms with van der Waals surface area (Å²) < 4.78 is 10.3. The van der Waals surface area contributed by atoms with Crippen molar-refractivity contribution in [3.05, 3.63) is 105 Å². The molecule has 9 nitrogen and oxygen atoms in total. The average Bonchev–Trinajstić information content (AvgIpc) is 2.70. The summed E-state index contributed by atoms with van der Waals surface area (Å²) in [5.74, 6) is 0. The topological polar surface area (TPSA) is 122 Å². The van der Waals surface area contributed by atoms with Crippen molar-refractivity contribution in [3.8, 4) is 0 Å². The van der Waals surface area contributed by atoms with Crippen molar-refractivity contribution < 1.29 is 24.1 Å². The Morgan fingerprint density at radius 1 is 0.857 bits per heavy atom. The summed E-state index contributed by atoms with van der Waals surface area (Å²) in [6, 6.07) is 11.1. The summed E-state index contributed by atoms with van der Waals surface area (Å²) in [5.41, 5.74) is 0.349. The Hall–Kier alpha value is -4.01. The number of nitro benzene ring substituents is 2. The van der Waals surface area contributed by atoms with E-state index in [2.05, 4.69) is 13.2 Å². The summed E-state index contributed by atoms with van der Waals surface area (Å²) in [6.45, 7) is 7.11. The summed E-state index contributed by atoms with van der Waals surface area (Å²) in [5, 5.41) is 21.8. The van der Waals surface area contributed by atoms with E-state index >= 15 is 0 Å². The Morgan fingerprint density at radius 3 is 1.57 bits per heavy atom. The lowest BCUT2D eigenvalue weighted by Crippen LogP contribution is -2.14. The second kappa shape index (κ2) is 9.08. The zero-order chi connectivity index (χ0) is 20.7. The number of benzene rings is 2. The van der Waals surface area contributed by atoms with Crippen LogP contribution in [-0.4, -0.2) is 16.0 Å². The monoisotopic (exact) mass is 384 g/mol. The molecule has 0 aromatic heterocycles. The van der Waals surface area contributed by atoms with Gasteiger partial charge in [0.15, 0.2) is 0 Å². The number of non-ortho nitro benzene ring substituents is 2. The molecule has 0 aliphatic rings. The number of hydrogen-bond donors (Lipinski definition) is 0. The van der Waals surface area contributed by atoms with E-state index in [-0.39, 0.29) is 11.4 Å². The van der Waals surface area contributed by atoms with Gasteiger partial charge in [-0.15, -0.1) is 0 Å². The van der Waals surface area contributed by atoms with E-state index < -0.39 is 28.2 Å². The van der Waals surface area contributed by atoms with Crippen LogP contribution in [0.15, 0.2) is 73.8 Å². The lowest BCUT2D eigenvalue weighted by atomic mass is 10.1. The molecule has 0 radical (unpaired) electrons. The molecule has 2 unspecified atom stereocenters. The van der Waals surface area contributed by atoms with Crippen molar-refractivity contribution in [1.29, 1.82) is 0 Å². The molecular formula is C19H16N2O7. The van der Waals surface area contributed by atoms with Gasteiger partial charge in [-0.25, -0.2) is 4.79 Å². The van der Waals surface area contributed by atoms with Gasteiger partial charge in [0.1, 0.15) is 12.2 Å². The van der Waals surface area contributed by atoms with Gasteiger partial charge < -0.3 is 9.47 Å². The Morgan fingerprint density at radius 2 is 1.25 bits per heavy atom. The highest BCUT2D eigenvalue weighted by Crippen LogP contribution is 2.27. The van der Waals surface area contributed by atoms with E-state index in [0.717, 1.165) is 0 Å². The lowest BCUT2D eigenvalue weighted by Gasteiger charge is -2.18. The molecule has 2 aromatic carbocycles. The van der Waals surface area contributed by atoms with E-state index in [1.165, 1.54) is 60.7 Å². The molecule has 0 amide bonds. The van der Waals surface area contributed by atoms with Crippen molar-refractivity contribution in [2.45, 2.75) is 12.2 Å². The minimum absolute atomic E-state index is 0.165. The Kier molecular flexibility index (Phi) is 6.58. The number of nitrogens with zero attached hydrogens (tertiary/aromatic N) is 2. The van der Waals surface area contributed by atoms with Crippen LogP contribution in [0.2, 0.25) is 0 Å². The molecule has 0 heterocycles. The van der Waals surface area contributed by atoms with Crippen LogP contribution < -0.4 is 0 Å². The fourth-order valence-electron chi connectivity index (χ4n) is 2.37. The molecule has 0 fully saturated rings. The Labute approximate surface area is 159 Å². The maximum Gasteiger partial charge on any atom is 0.510 e. The summed E-state index contributed by atoms with van der Waals surface area (Å²) in [7, 11) is 0. The van der Waals surface area contributed by atoms with Gasteiger partial charge in [-0.2, -0.15) is 0 Å². The first-order valence-corrected chi connectivity index (χ1v) is 7.96. The predicted molar refractivity (Wildman–Crippen MR) is 99.6 cm³/mol.